The number of hydrogen-bond donors (Lipinski definition) is 2. The quantitative estimate of drug-likeness (QED) is 0.775. The molecule has 4 nitrogen and oxygen atoms in total. The molecule has 114 valence electrons. The number of hydrogen-bond acceptors (Lipinski definition) is 4. The molecule has 0 fully saturated rings. The second-order valence-electron chi connectivity index (χ2n) is 5.10. The minimum Gasteiger partial charge on any atom is -0.493 e. The van der Waals surface area contributed by atoms with Gasteiger partial charge in [0.25, 0.3) is 0 Å². The molecule has 0 aromatic heterocycles. The van der Waals surface area contributed by atoms with Gasteiger partial charge in [0, 0.05) is 12.1 Å². The van der Waals surface area contributed by atoms with Gasteiger partial charge in [-0.2, -0.15) is 0 Å². The molecule has 0 saturated heterocycles. The number of nitrogens with one attached hydrogen (secondary N) is 1. The number of aliphatic hydroxyl groups excluding tert-OH is 1. The van der Waals surface area contributed by atoms with Crippen LogP contribution in [0.4, 0.5) is 0 Å². The predicted octanol–water partition coefficient (Wildman–Crippen LogP) is 3.00. The minimum atomic E-state index is -0.300. The fourth-order valence-electron chi connectivity index (χ4n) is 2.15. The highest BCUT2D eigenvalue weighted by Crippen LogP contribution is 2.37. The lowest BCUT2D eigenvalue weighted by molar-refractivity contribution is 0.163. The summed E-state index contributed by atoms with van der Waals surface area (Å²) in [5.74, 6) is 1.15. The van der Waals surface area contributed by atoms with Crippen molar-refractivity contribution in [3.05, 3.63) is 22.7 Å². The molecule has 0 radical (unpaired) electrons. The van der Waals surface area contributed by atoms with Crippen LogP contribution in [0.1, 0.15) is 32.3 Å². The Kier molecular flexibility index (Phi) is 6.59. The van der Waals surface area contributed by atoms with Crippen molar-refractivity contribution in [2.45, 2.75) is 38.8 Å². The van der Waals surface area contributed by atoms with Crippen LogP contribution in [0.5, 0.6) is 11.5 Å². The SMILES string of the molecule is CCCC(C)(CO)NCc1ccc(OC)c(OC)c1Cl. The van der Waals surface area contributed by atoms with Crippen LogP contribution in [-0.4, -0.2) is 31.5 Å². The molecule has 20 heavy (non-hydrogen) atoms. The first-order valence-corrected chi connectivity index (χ1v) is 7.14. The summed E-state index contributed by atoms with van der Waals surface area (Å²) in [5.41, 5.74) is 0.616. The number of rotatable bonds is 8. The third kappa shape index (κ3) is 4.01. The maximum atomic E-state index is 9.51. The first-order chi connectivity index (χ1) is 9.51. The Balaban J connectivity index is 2.88. The van der Waals surface area contributed by atoms with E-state index >= 15 is 0 Å². The van der Waals surface area contributed by atoms with Crippen molar-refractivity contribution in [2.75, 3.05) is 20.8 Å². The van der Waals surface area contributed by atoms with Gasteiger partial charge < -0.3 is 19.9 Å². The first-order valence-electron chi connectivity index (χ1n) is 6.76. The third-order valence-electron chi connectivity index (χ3n) is 3.42. The molecule has 1 aromatic carbocycles. The van der Waals surface area contributed by atoms with Gasteiger partial charge in [0.1, 0.15) is 0 Å². The van der Waals surface area contributed by atoms with Crippen LogP contribution in [0.3, 0.4) is 0 Å². The molecule has 0 amide bonds. The van der Waals surface area contributed by atoms with Crippen molar-refractivity contribution >= 4 is 11.6 Å². The van der Waals surface area contributed by atoms with Crippen LogP contribution in [0.15, 0.2) is 12.1 Å². The molecular weight excluding hydrogens is 278 g/mol. The summed E-state index contributed by atoms with van der Waals surface area (Å²) in [4.78, 5) is 0. The van der Waals surface area contributed by atoms with E-state index in [-0.39, 0.29) is 12.1 Å². The lowest BCUT2D eigenvalue weighted by Crippen LogP contribution is -2.45. The summed E-state index contributed by atoms with van der Waals surface area (Å²) in [5, 5.41) is 13.4. The summed E-state index contributed by atoms with van der Waals surface area (Å²) in [7, 11) is 3.14. The van der Waals surface area contributed by atoms with Crippen molar-refractivity contribution in [3.8, 4) is 11.5 Å². The van der Waals surface area contributed by atoms with Crippen LogP contribution >= 0.6 is 11.6 Å². The molecule has 2 N–H and O–H groups in total. The lowest BCUT2D eigenvalue weighted by Gasteiger charge is -2.29. The van der Waals surface area contributed by atoms with Gasteiger partial charge in [0.05, 0.1) is 25.8 Å². The average molecular weight is 302 g/mol. The van der Waals surface area contributed by atoms with Crippen LogP contribution in [0.25, 0.3) is 0 Å². The molecule has 0 aliphatic carbocycles. The molecule has 1 atom stereocenters. The van der Waals surface area contributed by atoms with Crippen LogP contribution in [0.2, 0.25) is 5.02 Å². The fourth-order valence-corrected chi connectivity index (χ4v) is 2.45. The van der Waals surface area contributed by atoms with E-state index in [1.165, 1.54) is 0 Å². The Morgan fingerprint density at radius 2 is 2.00 bits per heavy atom. The highest BCUT2D eigenvalue weighted by atomic mass is 35.5. The first kappa shape index (κ1) is 17.1. The monoisotopic (exact) mass is 301 g/mol. The normalized spacial score (nSPS) is 13.9. The van der Waals surface area contributed by atoms with E-state index in [1.54, 1.807) is 14.2 Å². The average Bonchev–Trinajstić information content (AvgIpc) is 2.46. The Morgan fingerprint density at radius 1 is 1.30 bits per heavy atom. The van der Waals surface area contributed by atoms with Crippen molar-refractivity contribution < 1.29 is 14.6 Å². The highest BCUT2D eigenvalue weighted by molar-refractivity contribution is 6.33. The van der Waals surface area contributed by atoms with E-state index in [4.69, 9.17) is 21.1 Å². The van der Waals surface area contributed by atoms with Gasteiger partial charge in [-0.15, -0.1) is 0 Å². The number of benzene rings is 1. The molecule has 1 aromatic rings. The second kappa shape index (κ2) is 7.72. The number of methoxy groups -OCH3 is 2. The molecular formula is C15H24ClNO3. The number of ether oxygens (including phenoxy) is 2. The summed E-state index contributed by atoms with van der Waals surface area (Å²) in [6, 6.07) is 3.73. The Bertz CT molecular complexity index is 439. The Morgan fingerprint density at radius 3 is 2.50 bits per heavy atom. The lowest BCUT2D eigenvalue weighted by atomic mass is 9.97. The summed E-state index contributed by atoms with van der Waals surface area (Å²) >= 11 is 6.33. The van der Waals surface area contributed by atoms with Crippen molar-refractivity contribution in [1.29, 1.82) is 0 Å². The molecule has 1 rings (SSSR count). The molecule has 0 aliphatic rings. The zero-order chi connectivity index (χ0) is 15.2. The molecule has 0 aliphatic heterocycles. The van der Waals surface area contributed by atoms with Gasteiger partial charge in [-0.25, -0.2) is 0 Å². The zero-order valence-corrected chi connectivity index (χ0v) is 13.4. The Hall–Kier alpha value is -0.970. The molecule has 0 saturated carbocycles. The van der Waals surface area contributed by atoms with Gasteiger partial charge in [-0.3, -0.25) is 0 Å². The maximum absolute atomic E-state index is 9.51. The van der Waals surface area contributed by atoms with Crippen LogP contribution < -0.4 is 14.8 Å². The highest BCUT2D eigenvalue weighted by Gasteiger charge is 2.22. The van der Waals surface area contributed by atoms with Crippen molar-refractivity contribution in [2.24, 2.45) is 0 Å². The number of halogens is 1. The van der Waals surface area contributed by atoms with E-state index < -0.39 is 0 Å². The summed E-state index contributed by atoms with van der Waals surface area (Å²) < 4.78 is 10.5. The van der Waals surface area contributed by atoms with Crippen LogP contribution in [-0.2, 0) is 6.54 Å². The van der Waals surface area contributed by atoms with Gasteiger partial charge in [-0.1, -0.05) is 31.0 Å². The predicted molar refractivity (Wildman–Crippen MR) is 81.8 cm³/mol. The molecule has 0 heterocycles. The van der Waals surface area contributed by atoms with E-state index in [9.17, 15) is 5.11 Å². The van der Waals surface area contributed by atoms with E-state index in [1.807, 2.05) is 19.1 Å². The van der Waals surface area contributed by atoms with Crippen molar-refractivity contribution in [1.82, 2.24) is 5.32 Å². The van der Waals surface area contributed by atoms with Gasteiger partial charge >= 0.3 is 0 Å². The van der Waals surface area contributed by atoms with Gasteiger partial charge in [-0.05, 0) is 25.0 Å². The van der Waals surface area contributed by atoms with E-state index in [0.29, 0.717) is 23.1 Å². The third-order valence-corrected chi connectivity index (χ3v) is 3.84. The summed E-state index contributed by atoms with van der Waals surface area (Å²) in [6.45, 7) is 4.76. The smallest absolute Gasteiger partial charge is 0.179 e. The summed E-state index contributed by atoms with van der Waals surface area (Å²) in [6.07, 6.45) is 1.90. The molecule has 1 unspecified atom stereocenters. The topological polar surface area (TPSA) is 50.7 Å². The van der Waals surface area contributed by atoms with E-state index in [0.717, 1.165) is 18.4 Å². The fraction of sp³-hybridized carbons (Fsp3) is 0.600. The van der Waals surface area contributed by atoms with Gasteiger partial charge in [0.15, 0.2) is 11.5 Å². The Labute approximate surface area is 126 Å². The molecule has 5 heteroatoms. The zero-order valence-electron chi connectivity index (χ0n) is 12.6. The van der Waals surface area contributed by atoms with Gasteiger partial charge in [0.2, 0.25) is 0 Å². The molecule has 0 bridgehead atoms. The minimum absolute atomic E-state index is 0.0890. The standard InChI is InChI=1S/C15H24ClNO3/c1-5-8-15(2,10-18)17-9-11-6-7-12(19-3)14(20-4)13(11)16/h6-7,17-18H,5,8-10H2,1-4H3. The number of aliphatic hydroxyl groups is 1. The maximum Gasteiger partial charge on any atom is 0.179 e. The van der Waals surface area contributed by atoms with Crippen molar-refractivity contribution in [3.63, 3.8) is 0 Å². The van der Waals surface area contributed by atoms with Crippen LogP contribution in [0, 0.1) is 0 Å². The second-order valence-corrected chi connectivity index (χ2v) is 5.47. The largest absolute Gasteiger partial charge is 0.493 e. The molecule has 0 spiro atoms. The van der Waals surface area contributed by atoms with E-state index in [2.05, 4.69) is 12.2 Å².